The van der Waals surface area contributed by atoms with Crippen molar-refractivity contribution in [3.05, 3.63) is 24.3 Å². The third-order valence-electron chi connectivity index (χ3n) is 5.65. The van der Waals surface area contributed by atoms with E-state index in [-0.39, 0.29) is 5.41 Å². The molecule has 1 aliphatic heterocycles. The summed E-state index contributed by atoms with van der Waals surface area (Å²) < 4.78 is 0. The molecule has 1 saturated carbocycles. The third-order valence-corrected chi connectivity index (χ3v) is 5.65. The molecular weight excluding hydrogens is 300 g/mol. The molecule has 0 unspecified atom stereocenters. The summed E-state index contributed by atoms with van der Waals surface area (Å²) >= 11 is 0. The summed E-state index contributed by atoms with van der Waals surface area (Å²) in [7, 11) is 0. The minimum absolute atomic E-state index is 0.302. The van der Waals surface area contributed by atoms with Gasteiger partial charge in [-0.15, -0.1) is 0 Å². The fraction of sp³-hybridized carbons (Fsp3) is 0.737. The lowest BCUT2D eigenvalue weighted by Gasteiger charge is -2.35. The van der Waals surface area contributed by atoms with Crippen LogP contribution in [0.2, 0.25) is 0 Å². The normalized spacial score (nSPS) is 20.4. The summed E-state index contributed by atoms with van der Waals surface area (Å²) in [4.78, 5) is 26.5. The van der Waals surface area contributed by atoms with Crippen LogP contribution in [0.4, 0.5) is 0 Å². The zero-order valence-electron chi connectivity index (χ0n) is 14.9. The molecule has 1 saturated heterocycles. The molecule has 0 radical (unpaired) electrons. The Hall–Kier alpha value is -1.49. The Kier molecular flexibility index (Phi) is 5.82. The molecule has 1 aromatic heterocycles. The zero-order valence-corrected chi connectivity index (χ0v) is 14.9. The predicted octanol–water partition coefficient (Wildman–Crippen LogP) is 2.62. The Balaban J connectivity index is 1.75. The lowest BCUT2D eigenvalue weighted by molar-refractivity contribution is -0.137. The van der Waals surface area contributed by atoms with E-state index in [1.54, 1.807) is 6.33 Å². The van der Waals surface area contributed by atoms with Gasteiger partial charge >= 0.3 is 0 Å². The number of amides is 1. The van der Waals surface area contributed by atoms with E-state index in [4.69, 9.17) is 0 Å². The number of nitrogens with zero attached hydrogens (tertiary/aromatic N) is 4. The molecule has 0 atom stereocenters. The van der Waals surface area contributed by atoms with Crippen molar-refractivity contribution in [3.63, 3.8) is 0 Å². The van der Waals surface area contributed by atoms with Gasteiger partial charge in [0.05, 0.1) is 5.41 Å². The number of carbonyl (C=O) groups is 1. The van der Waals surface area contributed by atoms with Gasteiger partial charge < -0.3 is 9.80 Å². The quantitative estimate of drug-likeness (QED) is 0.771. The standard InChI is InChI=1S/C19H30N4O/c1-2-9-23(13-12-22-10-5-6-11-22)18(24)19(7-3-4-8-19)17-14-20-16-21-15-17/h14-16H,2-13H2,1H3. The molecule has 24 heavy (non-hydrogen) atoms. The van der Waals surface area contributed by atoms with Gasteiger partial charge in [-0.1, -0.05) is 19.8 Å². The molecule has 1 amide bonds. The van der Waals surface area contributed by atoms with Crippen molar-refractivity contribution in [2.45, 2.75) is 57.3 Å². The Labute approximate surface area is 145 Å². The van der Waals surface area contributed by atoms with Crippen LogP contribution < -0.4 is 0 Å². The first-order valence-electron chi connectivity index (χ1n) is 9.53. The van der Waals surface area contributed by atoms with Crippen molar-refractivity contribution in [1.82, 2.24) is 19.8 Å². The van der Waals surface area contributed by atoms with Crippen LogP contribution >= 0.6 is 0 Å². The van der Waals surface area contributed by atoms with E-state index in [1.807, 2.05) is 12.4 Å². The predicted molar refractivity (Wildman–Crippen MR) is 94.7 cm³/mol. The SMILES string of the molecule is CCCN(CCN1CCCC1)C(=O)C1(c2cncnc2)CCCC1. The highest BCUT2D eigenvalue weighted by Crippen LogP contribution is 2.42. The van der Waals surface area contributed by atoms with Gasteiger partial charge in [0.25, 0.3) is 0 Å². The van der Waals surface area contributed by atoms with Gasteiger partial charge in [-0.05, 0) is 45.2 Å². The van der Waals surface area contributed by atoms with E-state index in [1.165, 1.54) is 25.9 Å². The van der Waals surface area contributed by atoms with Crippen LogP contribution in [0.5, 0.6) is 0 Å². The summed E-state index contributed by atoms with van der Waals surface area (Å²) in [5.74, 6) is 0.302. The summed E-state index contributed by atoms with van der Waals surface area (Å²) in [5.41, 5.74) is 0.622. The lowest BCUT2D eigenvalue weighted by Crippen LogP contribution is -2.48. The van der Waals surface area contributed by atoms with E-state index >= 15 is 0 Å². The van der Waals surface area contributed by atoms with E-state index in [2.05, 4.69) is 26.7 Å². The second-order valence-electron chi connectivity index (χ2n) is 7.26. The molecule has 0 spiro atoms. The summed E-state index contributed by atoms with van der Waals surface area (Å²) in [6.45, 7) is 7.23. The molecular formula is C19H30N4O. The molecule has 5 heteroatoms. The molecule has 2 heterocycles. The van der Waals surface area contributed by atoms with Crippen LogP contribution in [-0.4, -0.2) is 58.4 Å². The van der Waals surface area contributed by atoms with Gasteiger partial charge in [0.1, 0.15) is 6.33 Å². The second-order valence-corrected chi connectivity index (χ2v) is 7.26. The average molecular weight is 330 g/mol. The van der Waals surface area contributed by atoms with Gasteiger partial charge in [0.15, 0.2) is 0 Å². The smallest absolute Gasteiger partial charge is 0.233 e. The number of aromatic nitrogens is 2. The van der Waals surface area contributed by atoms with E-state index in [0.29, 0.717) is 5.91 Å². The number of rotatable bonds is 7. The van der Waals surface area contributed by atoms with Crippen LogP contribution in [0.3, 0.4) is 0 Å². The van der Waals surface area contributed by atoms with Crippen LogP contribution in [0, 0.1) is 0 Å². The minimum atomic E-state index is -0.387. The first-order valence-corrected chi connectivity index (χ1v) is 9.53. The van der Waals surface area contributed by atoms with E-state index in [0.717, 1.165) is 57.3 Å². The topological polar surface area (TPSA) is 49.3 Å². The van der Waals surface area contributed by atoms with Gasteiger partial charge in [0, 0.05) is 37.6 Å². The van der Waals surface area contributed by atoms with Crippen LogP contribution in [0.1, 0.15) is 57.4 Å². The average Bonchev–Trinajstić information content (AvgIpc) is 3.31. The van der Waals surface area contributed by atoms with Gasteiger partial charge in [-0.3, -0.25) is 4.79 Å². The molecule has 132 valence electrons. The minimum Gasteiger partial charge on any atom is -0.341 e. The van der Waals surface area contributed by atoms with Crippen molar-refractivity contribution in [2.24, 2.45) is 0 Å². The largest absolute Gasteiger partial charge is 0.341 e. The van der Waals surface area contributed by atoms with Crippen LogP contribution in [0.25, 0.3) is 0 Å². The highest BCUT2D eigenvalue weighted by Gasteiger charge is 2.45. The highest BCUT2D eigenvalue weighted by atomic mass is 16.2. The molecule has 5 nitrogen and oxygen atoms in total. The number of carbonyl (C=O) groups excluding carboxylic acids is 1. The zero-order chi connectivity index (χ0) is 16.8. The number of likely N-dealkylation sites (tertiary alicyclic amines) is 1. The van der Waals surface area contributed by atoms with Crippen molar-refractivity contribution in [3.8, 4) is 0 Å². The number of hydrogen-bond acceptors (Lipinski definition) is 4. The maximum atomic E-state index is 13.5. The van der Waals surface area contributed by atoms with Gasteiger partial charge in [0.2, 0.25) is 5.91 Å². The summed E-state index contributed by atoms with van der Waals surface area (Å²) in [6, 6.07) is 0. The van der Waals surface area contributed by atoms with Crippen molar-refractivity contribution in [2.75, 3.05) is 32.7 Å². The molecule has 1 aromatic rings. The van der Waals surface area contributed by atoms with Gasteiger partial charge in [-0.25, -0.2) is 9.97 Å². The Morgan fingerprint density at radius 1 is 1.12 bits per heavy atom. The van der Waals surface area contributed by atoms with Crippen molar-refractivity contribution in [1.29, 1.82) is 0 Å². The first kappa shape index (κ1) is 17.3. The highest BCUT2D eigenvalue weighted by molar-refractivity contribution is 5.88. The Morgan fingerprint density at radius 3 is 2.42 bits per heavy atom. The fourth-order valence-electron chi connectivity index (χ4n) is 4.31. The molecule has 3 rings (SSSR count). The molecule has 0 aromatic carbocycles. The molecule has 2 aliphatic rings. The maximum Gasteiger partial charge on any atom is 0.233 e. The Bertz CT molecular complexity index is 521. The summed E-state index contributed by atoms with van der Waals surface area (Å²) in [6.07, 6.45) is 13.0. The van der Waals surface area contributed by atoms with Crippen LogP contribution in [0.15, 0.2) is 18.7 Å². The number of hydrogen-bond donors (Lipinski definition) is 0. The third kappa shape index (κ3) is 3.61. The molecule has 0 N–H and O–H groups in total. The molecule has 2 fully saturated rings. The van der Waals surface area contributed by atoms with Crippen molar-refractivity contribution < 1.29 is 4.79 Å². The first-order chi connectivity index (χ1) is 11.8. The van der Waals surface area contributed by atoms with Gasteiger partial charge in [-0.2, -0.15) is 0 Å². The molecule has 1 aliphatic carbocycles. The van der Waals surface area contributed by atoms with Crippen molar-refractivity contribution >= 4 is 5.91 Å². The monoisotopic (exact) mass is 330 g/mol. The maximum absolute atomic E-state index is 13.5. The lowest BCUT2D eigenvalue weighted by atomic mass is 9.78. The Morgan fingerprint density at radius 2 is 1.79 bits per heavy atom. The molecule has 0 bridgehead atoms. The summed E-state index contributed by atoms with van der Waals surface area (Å²) in [5, 5.41) is 0. The van der Waals surface area contributed by atoms with Crippen LogP contribution in [-0.2, 0) is 10.2 Å². The van der Waals surface area contributed by atoms with E-state index < -0.39 is 0 Å². The fourth-order valence-corrected chi connectivity index (χ4v) is 4.31. The van der Waals surface area contributed by atoms with E-state index in [9.17, 15) is 4.79 Å². The second kappa shape index (κ2) is 8.06.